The number of aromatic nitrogens is 2. The Hall–Kier alpha value is -2.26. The summed E-state index contributed by atoms with van der Waals surface area (Å²) in [5.74, 6) is 1.80. The number of nitrogens with zero attached hydrogens (tertiary/aromatic N) is 5. The second kappa shape index (κ2) is 10.0. The van der Waals surface area contributed by atoms with E-state index >= 15 is 0 Å². The van der Waals surface area contributed by atoms with Crippen LogP contribution in [0.5, 0.6) is 0 Å². The van der Waals surface area contributed by atoms with Gasteiger partial charge in [-0.25, -0.2) is 0 Å². The molecule has 0 saturated carbocycles. The van der Waals surface area contributed by atoms with Crippen LogP contribution in [0.4, 0.5) is 0 Å². The van der Waals surface area contributed by atoms with Gasteiger partial charge in [-0.2, -0.15) is 0 Å². The third kappa shape index (κ3) is 5.16. The molecule has 2 amide bonds. The van der Waals surface area contributed by atoms with Gasteiger partial charge in [-0.1, -0.05) is 13.8 Å². The first-order valence-electron chi connectivity index (χ1n) is 13.0. The van der Waals surface area contributed by atoms with Crippen molar-refractivity contribution in [1.82, 2.24) is 24.9 Å². The number of carbonyl (C=O) groups excluding carboxylic acids is 2. The van der Waals surface area contributed by atoms with Gasteiger partial charge in [-0.3, -0.25) is 14.5 Å². The molecule has 9 heteroatoms. The second-order valence-corrected chi connectivity index (χ2v) is 12.2. The third-order valence-electron chi connectivity index (χ3n) is 7.95. The molecular weight excluding hydrogens is 462 g/mol. The van der Waals surface area contributed by atoms with Crippen LogP contribution in [-0.4, -0.2) is 76.0 Å². The fourth-order valence-electron chi connectivity index (χ4n) is 5.84. The highest BCUT2D eigenvalue weighted by atomic mass is 32.1. The van der Waals surface area contributed by atoms with Crippen LogP contribution in [0.3, 0.4) is 0 Å². The van der Waals surface area contributed by atoms with Crippen molar-refractivity contribution < 1.29 is 14.0 Å². The number of likely N-dealkylation sites (tertiary alicyclic amines) is 3. The van der Waals surface area contributed by atoms with Crippen LogP contribution in [0.15, 0.2) is 16.5 Å². The van der Waals surface area contributed by atoms with E-state index in [1.54, 1.807) is 11.3 Å². The normalized spacial score (nSPS) is 22.9. The third-order valence-corrected chi connectivity index (χ3v) is 8.94. The van der Waals surface area contributed by atoms with Crippen LogP contribution < -0.4 is 0 Å². The summed E-state index contributed by atoms with van der Waals surface area (Å²) >= 11 is 1.57. The highest BCUT2D eigenvalue weighted by molar-refractivity contribution is 7.13. The molecule has 35 heavy (non-hydrogen) atoms. The van der Waals surface area contributed by atoms with Gasteiger partial charge in [0, 0.05) is 43.5 Å². The van der Waals surface area contributed by atoms with E-state index in [2.05, 4.69) is 15.1 Å². The Morgan fingerprint density at radius 3 is 2.46 bits per heavy atom. The molecule has 3 fully saturated rings. The minimum absolute atomic E-state index is 0.0501. The van der Waals surface area contributed by atoms with E-state index in [0.29, 0.717) is 18.3 Å². The van der Waals surface area contributed by atoms with Crippen molar-refractivity contribution in [3.63, 3.8) is 0 Å². The zero-order valence-corrected chi connectivity index (χ0v) is 22.0. The molecule has 5 rings (SSSR count). The zero-order chi connectivity index (χ0) is 24.6. The summed E-state index contributed by atoms with van der Waals surface area (Å²) < 4.78 is 6.09. The van der Waals surface area contributed by atoms with Gasteiger partial charge >= 0.3 is 0 Å². The van der Waals surface area contributed by atoms with Gasteiger partial charge in [0.25, 0.3) is 5.91 Å². The number of rotatable bonds is 5. The molecule has 2 aromatic rings. The molecule has 2 aromatic heterocycles. The summed E-state index contributed by atoms with van der Waals surface area (Å²) in [5, 5.41) is 8.68. The highest BCUT2D eigenvalue weighted by Gasteiger charge is 2.49. The fourth-order valence-corrected chi connectivity index (χ4v) is 6.67. The number of piperidine rings is 2. The van der Waals surface area contributed by atoms with Crippen LogP contribution in [0.2, 0.25) is 0 Å². The van der Waals surface area contributed by atoms with Gasteiger partial charge in [0.15, 0.2) is 0 Å². The van der Waals surface area contributed by atoms with Crippen molar-refractivity contribution >= 4 is 23.2 Å². The number of thiophene rings is 1. The van der Waals surface area contributed by atoms with E-state index in [1.807, 2.05) is 42.7 Å². The molecule has 5 heterocycles. The summed E-state index contributed by atoms with van der Waals surface area (Å²) in [5.41, 5.74) is 0.0570. The molecule has 0 aromatic carbocycles. The Labute approximate surface area is 211 Å². The van der Waals surface area contributed by atoms with Gasteiger partial charge in [0.1, 0.15) is 0 Å². The van der Waals surface area contributed by atoms with Gasteiger partial charge in [0.2, 0.25) is 17.7 Å². The molecule has 1 spiro atoms. The first kappa shape index (κ1) is 24.4. The van der Waals surface area contributed by atoms with Crippen molar-refractivity contribution in [2.24, 2.45) is 5.41 Å². The van der Waals surface area contributed by atoms with Crippen molar-refractivity contribution in [1.29, 1.82) is 0 Å². The predicted molar refractivity (Wildman–Crippen MR) is 134 cm³/mol. The Morgan fingerprint density at radius 1 is 1.09 bits per heavy atom. The molecule has 0 N–H and O–H groups in total. The fraction of sp³-hybridized carbons (Fsp3) is 0.692. The van der Waals surface area contributed by atoms with E-state index in [9.17, 15) is 9.59 Å². The van der Waals surface area contributed by atoms with Crippen LogP contribution >= 0.6 is 11.3 Å². The van der Waals surface area contributed by atoms with Crippen LogP contribution in [0.25, 0.3) is 0 Å². The van der Waals surface area contributed by atoms with E-state index in [-0.39, 0.29) is 29.2 Å². The monoisotopic (exact) mass is 499 g/mol. The maximum absolute atomic E-state index is 13.2. The van der Waals surface area contributed by atoms with Crippen molar-refractivity contribution in [2.45, 2.75) is 71.3 Å². The molecule has 190 valence electrons. The summed E-state index contributed by atoms with van der Waals surface area (Å²) in [6.45, 7) is 10.6. The number of amides is 2. The van der Waals surface area contributed by atoms with Gasteiger partial charge in [0.05, 0.1) is 17.5 Å². The molecule has 1 unspecified atom stereocenters. The molecule has 3 saturated heterocycles. The summed E-state index contributed by atoms with van der Waals surface area (Å²) in [6.07, 6.45) is 6.14. The van der Waals surface area contributed by atoms with Crippen molar-refractivity contribution in [3.05, 3.63) is 33.7 Å². The summed E-state index contributed by atoms with van der Waals surface area (Å²) in [4.78, 5) is 34.4. The molecule has 0 bridgehead atoms. The van der Waals surface area contributed by atoms with Gasteiger partial charge in [-0.15, -0.1) is 21.5 Å². The number of hydrogen-bond acceptors (Lipinski definition) is 7. The molecule has 1 atom stereocenters. The summed E-state index contributed by atoms with van der Waals surface area (Å²) in [6, 6.07) is 3.90. The Morgan fingerprint density at radius 2 is 1.83 bits per heavy atom. The van der Waals surface area contributed by atoms with E-state index in [1.165, 1.54) is 6.42 Å². The predicted octanol–water partition coefficient (Wildman–Crippen LogP) is 4.24. The Kier molecular flexibility index (Phi) is 6.99. The highest BCUT2D eigenvalue weighted by Crippen LogP contribution is 2.49. The lowest BCUT2D eigenvalue weighted by Gasteiger charge is -2.39. The van der Waals surface area contributed by atoms with Gasteiger partial charge in [-0.05, 0) is 63.0 Å². The average molecular weight is 500 g/mol. The lowest BCUT2D eigenvalue weighted by molar-refractivity contribution is -0.133. The molecule has 0 radical (unpaired) electrons. The molecular formula is C26H37N5O3S. The SMILES string of the molecule is Cc1ccc(C(=O)N2CCC3(CC2)CC(c2nnc(C(C)C)o2)N(CC(=O)N2CCCCC2)C3)s1. The summed E-state index contributed by atoms with van der Waals surface area (Å²) in [7, 11) is 0. The molecule has 3 aliphatic rings. The lowest BCUT2D eigenvalue weighted by atomic mass is 9.76. The number of carbonyl (C=O) groups is 2. The standard InChI is InChI=1S/C26H37N5O3S/c1-18(2)23-27-28-24(34-23)20-15-26(17-31(20)16-22(32)29-11-5-4-6-12-29)9-13-30(14-10-26)25(33)21-8-7-19(3)35-21/h7-8,18,20H,4-6,9-17H2,1-3H3. The Balaban J connectivity index is 1.30. The first-order chi connectivity index (χ1) is 16.8. The van der Waals surface area contributed by atoms with Crippen LogP contribution in [0.1, 0.15) is 90.7 Å². The lowest BCUT2D eigenvalue weighted by Crippen LogP contribution is -2.45. The smallest absolute Gasteiger partial charge is 0.263 e. The largest absolute Gasteiger partial charge is 0.423 e. The Bertz CT molecular complexity index is 1050. The number of aryl methyl sites for hydroxylation is 1. The van der Waals surface area contributed by atoms with Crippen LogP contribution in [-0.2, 0) is 4.79 Å². The molecule has 8 nitrogen and oxygen atoms in total. The average Bonchev–Trinajstić information content (AvgIpc) is 3.59. The van der Waals surface area contributed by atoms with E-state index in [4.69, 9.17) is 4.42 Å². The van der Waals surface area contributed by atoms with Gasteiger partial charge < -0.3 is 14.2 Å². The molecule has 3 aliphatic heterocycles. The topological polar surface area (TPSA) is 82.8 Å². The zero-order valence-electron chi connectivity index (χ0n) is 21.2. The minimum atomic E-state index is -0.0501. The second-order valence-electron chi connectivity index (χ2n) is 10.9. The first-order valence-corrected chi connectivity index (χ1v) is 13.9. The van der Waals surface area contributed by atoms with Crippen molar-refractivity contribution in [2.75, 3.05) is 39.3 Å². The van der Waals surface area contributed by atoms with Crippen LogP contribution in [0, 0.1) is 12.3 Å². The van der Waals surface area contributed by atoms with E-state index < -0.39 is 0 Å². The number of hydrogen-bond donors (Lipinski definition) is 0. The van der Waals surface area contributed by atoms with Crippen molar-refractivity contribution in [3.8, 4) is 0 Å². The quantitative estimate of drug-likeness (QED) is 0.612. The minimum Gasteiger partial charge on any atom is -0.423 e. The molecule has 0 aliphatic carbocycles. The van der Waals surface area contributed by atoms with E-state index in [0.717, 1.165) is 74.6 Å². The maximum Gasteiger partial charge on any atom is 0.263 e. The maximum atomic E-state index is 13.2.